The maximum absolute atomic E-state index is 12.4. The van der Waals surface area contributed by atoms with Gasteiger partial charge in [0.05, 0.1) is 47.2 Å². The Kier molecular flexibility index (Phi) is 29.5. The van der Waals surface area contributed by atoms with Crippen LogP contribution < -0.4 is 26.4 Å². The number of halogens is 6. The highest BCUT2D eigenvalue weighted by atomic mass is 79.9. The van der Waals surface area contributed by atoms with Crippen LogP contribution in [0.3, 0.4) is 0 Å². The number of methoxy groups -OCH3 is 2. The molecule has 0 radical (unpaired) electrons. The summed E-state index contributed by atoms with van der Waals surface area (Å²) in [7, 11) is 8.51. The van der Waals surface area contributed by atoms with Crippen molar-refractivity contribution in [3.05, 3.63) is 176 Å². The monoisotopic (exact) mass is 1540 g/mol. The lowest BCUT2D eigenvalue weighted by molar-refractivity contribution is -0.136. The lowest BCUT2D eigenvalue weighted by Crippen LogP contribution is -2.53. The van der Waals surface area contributed by atoms with Gasteiger partial charge in [-0.1, -0.05) is 60.3 Å². The maximum Gasteiger partial charge on any atom is 0.339 e. The fourth-order valence-electron chi connectivity index (χ4n) is 10.7. The Morgan fingerprint density at radius 2 is 1.32 bits per heavy atom. The smallest absolute Gasteiger partial charge is 0.339 e. The van der Waals surface area contributed by atoms with Gasteiger partial charge in [0.25, 0.3) is 17.7 Å². The van der Waals surface area contributed by atoms with Gasteiger partial charge in [-0.25, -0.2) is 9.79 Å². The molecule has 0 saturated heterocycles. The van der Waals surface area contributed by atoms with Crippen molar-refractivity contribution in [2.45, 2.75) is 127 Å². The lowest BCUT2D eigenvalue weighted by Gasteiger charge is -2.25. The molecule has 3 unspecified atom stereocenters. The van der Waals surface area contributed by atoms with E-state index in [-0.39, 0.29) is 63.7 Å². The number of hydrogen-bond donors (Lipinski definition) is 5. The van der Waals surface area contributed by atoms with Gasteiger partial charge in [-0.2, -0.15) is 0 Å². The highest BCUT2D eigenvalue weighted by molar-refractivity contribution is 9.10. The van der Waals surface area contributed by atoms with Gasteiger partial charge in [-0.05, 0) is 203 Å². The molecule has 0 fully saturated rings. The molecule has 2 aliphatic rings. The van der Waals surface area contributed by atoms with Gasteiger partial charge in [0.15, 0.2) is 30.7 Å². The van der Waals surface area contributed by atoms with Crippen LogP contribution in [0.4, 0.5) is 11.4 Å². The number of carboxylic acid groups (broad SMARTS) is 1. The van der Waals surface area contributed by atoms with Gasteiger partial charge in [-0.3, -0.25) is 39.1 Å². The summed E-state index contributed by atoms with van der Waals surface area (Å²) in [6.07, 6.45) is 2.53. The predicted molar refractivity (Wildman–Crippen MR) is 393 cm³/mol. The number of ether oxygens (including phenoxy) is 2. The molecule has 7 heterocycles. The standard InChI is InChI=1S/C15H16BrClN2O.C14H14BrClN2O.C14H21NO4.C12H15NO.C7H5Cl2NO2.C7H11N5O/c1-3-8-19-13(9-10(2)14(19)16)15(20)18-12-6-4-11(17)5-7-12;1-3-18-9(2)12(15)8-13(18)14(19)17-11-6-4-10(16)5-7-11;1-6-8(2)15-9(3)11(7-12(16)17)13(10(15)4)14(18)19-5;1-8-9(2)13(3)12-6-5-10(14-4)7-11(8)12;1-10-5(3-12)6(8)4(2-11)7(10)9;1-3-9-4-5(12(3)2)10-7(8)11-6(4)13/h4-7,9H,3,8H2,1-2H3,(H,18,20);4-8H,3H2,1-2H3,(H,17,19);8H,6-7H2,1-5H3,(H,16,17);5-7H,1-4H3;2-3H,1H3;4-5H,1-2H3,(H3,8,10,11,13). The number of esters is 1. The molecule has 3 amide bonds. The summed E-state index contributed by atoms with van der Waals surface area (Å²) in [4.78, 5) is 89.9. The number of carbonyl (C=O) groups excluding carboxylic acids is 6. The minimum atomic E-state index is -0.949. The quantitative estimate of drug-likeness (QED) is 0.0474. The van der Waals surface area contributed by atoms with E-state index in [1.54, 1.807) is 62.7 Å². The summed E-state index contributed by atoms with van der Waals surface area (Å²) in [6, 6.07) is 23.8. The number of carboxylic acids is 1. The SMILES string of the molecule is CC1=NC2C(=O)NC(N)=NC2N1C.CCC(C)n1c(C)c(CC(=O)O)c(C(=O)OC)c1C.CCCn1c(C(=O)Nc2ccc(Cl)cc2)cc(C)c1Br.CCn1c(C(=O)Nc2ccc(Cl)cc2)cc(Br)c1C.COc1ccc2c(c1)c(C)c(C)n2C.Cn1c(Cl)c(C=O)c(Cl)c1C=O. The van der Waals surface area contributed by atoms with E-state index in [4.69, 9.17) is 66.7 Å². The van der Waals surface area contributed by atoms with E-state index < -0.39 is 18.0 Å². The Hall–Kier alpha value is -8.13. The van der Waals surface area contributed by atoms with Crippen LogP contribution in [0.25, 0.3) is 10.9 Å². The van der Waals surface area contributed by atoms with Gasteiger partial charge < -0.3 is 58.7 Å². The summed E-state index contributed by atoms with van der Waals surface area (Å²) >= 11 is 30.0. The lowest BCUT2D eigenvalue weighted by atomic mass is 10.1. The maximum atomic E-state index is 12.4. The Labute approximate surface area is 601 Å². The number of fused-ring (bicyclic) bond motifs is 2. The number of likely N-dealkylation sites (N-methyl/N-ethyl adjacent to an activating group) is 1. The fraction of sp³-hybridized carbons (Fsp3) is 0.348. The highest BCUT2D eigenvalue weighted by Crippen LogP contribution is 2.32. The third-order valence-corrected chi connectivity index (χ3v) is 19.6. The first kappa shape index (κ1) is 79.6. The first-order valence-corrected chi connectivity index (χ1v) is 33.7. The van der Waals surface area contributed by atoms with Crippen molar-refractivity contribution in [3.63, 3.8) is 0 Å². The van der Waals surface area contributed by atoms with Crippen LogP contribution in [0.5, 0.6) is 5.75 Å². The molecule has 22 nitrogen and oxygen atoms in total. The first-order chi connectivity index (χ1) is 45.8. The zero-order chi connectivity index (χ0) is 72.6. The summed E-state index contributed by atoms with van der Waals surface area (Å²) in [5, 5.41) is 20.1. The van der Waals surface area contributed by atoms with E-state index in [1.165, 1.54) is 33.8 Å². The number of aliphatic carboxylic acids is 1. The highest BCUT2D eigenvalue weighted by Gasteiger charge is 2.40. The number of carbonyl (C=O) groups is 7. The molecule has 0 bridgehead atoms. The number of aldehydes is 2. The summed E-state index contributed by atoms with van der Waals surface area (Å²) in [6.45, 7) is 23.5. The Bertz CT molecular complexity index is 4230. The fourth-order valence-corrected chi connectivity index (χ4v) is 12.5. The van der Waals surface area contributed by atoms with Crippen LogP contribution in [0, 0.1) is 41.5 Å². The average Bonchev–Trinajstić information content (AvgIpc) is 1.65. The number of guanidine groups is 1. The number of rotatable bonds is 15. The molecule has 520 valence electrons. The Morgan fingerprint density at radius 3 is 1.79 bits per heavy atom. The molecule has 28 heteroatoms. The van der Waals surface area contributed by atoms with Gasteiger partial charge in [0.1, 0.15) is 28.0 Å². The van der Waals surface area contributed by atoms with Crippen LogP contribution in [-0.2, 0) is 47.9 Å². The van der Waals surface area contributed by atoms with Crippen molar-refractivity contribution in [1.82, 2.24) is 33.1 Å². The average molecular weight is 1540 g/mol. The normalized spacial score (nSPS) is 13.8. The van der Waals surface area contributed by atoms with E-state index in [0.717, 1.165) is 80.6 Å². The van der Waals surface area contributed by atoms with E-state index >= 15 is 0 Å². The molecule has 3 atom stereocenters. The predicted octanol–water partition coefficient (Wildman–Crippen LogP) is 15.1. The van der Waals surface area contributed by atoms with Crippen LogP contribution in [0.15, 0.2) is 97.9 Å². The molecule has 6 N–H and O–H groups in total. The molecule has 0 saturated carbocycles. The van der Waals surface area contributed by atoms with Crippen molar-refractivity contribution < 1.29 is 48.1 Å². The van der Waals surface area contributed by atoms with Crippen LogP contribution in [0.2, 0.25) is 20.2 Å². The molecular weight excluding hydrogens is 1460 g/mol. The third-order valence-electron chi connectivity index (χ3n) is 16.4. The van der Waals surface area contributed by atoms with Crippen LogP contribution in [-0.4, -0.2) is 120 Å². The number of aliphatic imine (C=N–C) groups is 2. The Morgan fingerprint density at radius 1 is 0.753 bits per heavy atom. The second kappa shape index (κ2) is 35.9. The molecule has 0 aliphatic carbocycles. The number of anilines is 2. The first-order valence-electron chi connectivity index (χ1n) is 30.6. The number of amidine groups is 1. The van der Waals surface area contributed by atoms with Gasteiger partial charge in [-0.15, -0.1) is 0 Å². The van der Waals surface area contributed by atoms with Gasteiger partial charge in [0.2, 0.25) is 0 Å². The van der Waals surface area contributed by atoms with E-state index in [9.17, 15) is 33.6 Å². The van der Waals surface area contributed by atoms with Crippen molar-refractivity contribution >= 4 is 155 Å². The van der Waals surface area contributed by atoms with Crippen molar-refractivity contribution in [1.29, 1.82) is 0 Å². The number of amides is 3. The van der Waals surface area contributed by atoms with E-state index in [1.807, 2.05) is 92.3 Å². The van der Waals surface area contributed by atoms with Gasteiger partial charge in [0, 0.05) is 99.8 Å². The third kappa shape index (κ3) is 19.2. The summed E-state index contributed by atoms with van der Waals surface area (Å²) < 4.78 is 21.4. The molecule has 5 aromatic heterocycles. The molecule has 0 spiro atoms. The minimum absolute atomic E-state index is 0.104. The number of nitrogens with one attached hydrogen (secondary N) is 3. The molecule has 10 rings (SSSR count). The van der Waals surface area contributed by atoms with Crippen LogP contribution >= 0.6 is 78.3 Å². The second-order valence-corrected chi connectivity index (χ2v) is 25.7. The van der Waals surface area contributed by atoms with Crippen molar-refractivity contribution in [2.75, 3.05) is 31.9 Å². The molecule has 2 aliphatic heterocycles. The number of hydrogen-bond acceptors (Lipinski definition) is 13. The minimum Gasteiger partial charge on any atom is -0.497 e. The topological polar surface area (TPSA) is 273 Å². The largest absolute Gasteiger partial charge is 0.497 e. The number of nitrogens with two attached hydrogens (primary N) is 1. The molecule has 97 heavy (non-hydrogen) atoms. The van der Waals surface area contributed by atoms with E-state index in [0.29, 0.717) is 45.1 Å². The number of benzene rings is 3. The number of nitrogens with zero attached hydrogens (tertiary/aromatic N) is 8. The summed E-state index contributed by atoms with van der Waals surface area (Å²) in [5.41, 5.74) is 17.1. The van der Waals surface area contributed by atoms with E-state index in [2.05, 4.69) is 109 Å². The molecule has 3 aromatic carbocycles. The zero-order valence-electron chi connectivity index (χ0n) is 57.0. The molecular formula is C69H82Br2Cl4N12O10. The van der Waals surface area contributed by atoms with Gasteiger partial charge >= 0.3 is 11.9 Å². The second-order valence-electron chi connectivity index (χ2n) is 22.5. The Balaban J connectivity index is 0.000000212. The number of aryl methyl sites for hydroxylation is 3. The molecule has 8 aromatic rings. The van der Waals surface area contributed by atoms with Crippen LogP contribution in [0.1, 0.15) is 145 Å². The van der Waals surface area contributed by atoms with Crippen molar-refractivity contribution in [2.24, 2.45) is 29.8 Å². The summed E-state index contributed by atoms with van der Waals surface area (Å²) in [5.74, 6) is 0.0556. The zero-order valence-corrected chi connectivity index (χ0v) is 63.2. The number of aromatic nitrogens is 5. The van der Waals surface area contributed by atoms with Crippen molar-refractivity contribution in [3.8, 4) is 5.75 Å².